The molecule has 0 amide bonds. The fraction of sp³-hybridized carbons (Fsp3) is 1.00. The van der Waals surface area contributed by atoms with Crippen LogP contribution >= 0.6 is 12.4 Å². The van der Waals surface area contributed by atoms with Crippen LogP contribution < -0.4 is 5.32 Å². The van der Waals surface area contributed by atoms with Gasteiger partial charge in [-0.3, -0.25) is 0 Å². The second-order valence-electron chi connectivity index (χ2n) is 2.60. The van der Waals surface area contributed by atoms with Crippen LogP contribution in [0.3, 0.4) is 0 Å². The molecule has 0 aromatic rings. The second-order valence-corrected chi connectivity index (χ2v) is 2.60. The van der Waals surface area contributed by atoms with Crippen molar-refractivity contribution in [1.29, 1.82) is 0 Å². The maximum absolute atomic E-state index is 12.0. The first-order valence-electron chi connectivity index (χ1n) is 3.35. The minimum Gasteiger partial charge on any atom is -0.396 e. The molecule has 2 nitrogen and oxygen atoms in total. The van der Waals surface area contributed by atoms with Gasteiger partial charge in [0, 0.05) is 31.5 Å². The summed E-state index contributed by atoms with van der Waals surface area (Å²) in [5, 5.41) is 11.4. The average molecular weight is 188 g/mol. The highest BCUT2D eigenvalue weighted by Crippen LogP contribution is 2.22. The van der Waals surface area contributed by atoms with E-state index in [1.165, 1.54) is 0 Å². The number of alkyl halides is 2. The van der Waals surface area contributed by atoms with Gasteiger partial charge in [-0.25, -0.2) is 8.78 Å². The fourth-order valence-corrected chi connectivity index (χ4v) is 1.25. The van der Waals surface area contributed by atoms with Gasteiger partial charge in [0.15, 0.2) is 0 Å². The van der Waals surface area contributed by atoms with E-state index in [4.69, 9.17) is 5.11 Å². The van der Waals surface area contributed by atoms with Crippen LogP contribution in [0.4, 0.5) is 8.78 Å². The van der Waals surface area contributed by atoms with Crippen LogP contribution in [0, 0.1) is 11.8 Å². The highest BCUT2D eigenvalue weighted by molar-refractivity contribution is 5.85. The molecule has 5 heteroatoms. The Balaban J connectivity index is 0.000001000. The lowest BCUT2D eigenvalue weighted by molar-refractivity contribution is 0.0475. The quantitative estimate of drug-likeness (QED) is 0.660. The molecule has 68 valence electrons. The maximum atomic E-state index is 12.0. The van der Waals surface area contributed by atoms with Crippen LogP contribution in [0.5, 0.6) is 0 Å². The minimum atomic E-state index is -2.30. The topological polar surface area (TPSA) is 32.3 Å². The number of rotatable bonds is 2. The zero-order chi connectivity index (χ0) is 7.56. The summed E-state index contributed by atoms with van der Waals surface area (Å²) in [6.45, 7) is 0.719. The molecule has 0 radical (unpaired) electrons. The monoisotopic (exact) mass is 187 g/mol. The van der Waals surface area contributed by atoms with E-state index in [0.29, 0.717) is 13.1 Å². The number of hydrogen-bond donors (Lipinski definition) is 2. The van der Waals surface area contributed by atoms with Crippen molar-refractivity contribution >= 4 is 12.4 Å². The summed E-state index contributed by atoms with van der Waals surface area (Å²) in [5.41, 5.74) is 0. The molecule has 1 saturated heterocycles. The SMILES string of the molecule is Cl.OC[C@H]1CNC[C@H]1C(F)F. The van der Waals surface area contributed by atoms with Crippen molar-refractivity contribution in [3.63, 3.8) is 0 Å². The molecule has 0 aromatic heterocycles. The third kappa shape index (κ3) is 2.54. The molecule has 0 aliphatic carbocycles. The molecule has 2 atom stereocenters. The zero-order valence-electron chi connectivity index (χ0n) is 5.96. The lowest BCUT2D eigenvalue weighted by Gasteiger charge is -2.13. The smallest absolute Gasteiger partial charge is 0.243 e. The summed E-state index contributed by atoms with van der Waals surface area (Å²) in [7, 11) is 0. The van der Waals surface area contributed by atoms with Crippen LogP contribution in [0.2, 0.25) is 0 Å². The van der Waals surface area contributed by atoms with E-state index in [2.05, 4.69) is 5.32 Å². The first kappa shape index (κ1) is 11.1. The Hall–Kier alpha value is 0.0700. The van der Waals surface area contributed by atoms with Crippen LogP contribution in [0.15, 0.2) is 0 Å². The van der Waals surface area contributed by atoms with Gasteiger partial charge in [0.05, 0.1) is 0 Å². The predicted octanol–water partition coefficient (Wildman–Crippen LogP) is 0.501. The third-order valence-electron chi connectivity index (χ3n) is 1.95. The van der Waals surface area contributed by atoms with Gasteiger partial charge < -0.3 is 10.4 Å². The van der Waals surface area contributed by atoms with Crippen molar-refractivity contribution in [1.82, 2.24) is 5.32 Å². The molecule has 1 rings (SSSR count). The zero-order valence-corrected chi connectivity index (χ0v) is 6.78. The van der Waals surface area contributed by atoms with E-state index < -0.39 is 12.3 Å². The predicted molar refractivity (Wildman–Crippen MR) is 40.2 cm³/mol. The molecule has 1 aliphatic rings. The van der Waals surface area contributed by atoms with E-state index in [1.807, 2.05) is 0 Å². The molecule has 2 N–H and O–H groups in total. The molecule has 0 bridgehead atoms. The van der Waals surface area contributed by atoms with Gasteiger partial charge in [0.1, 0.15) is 0 Å². The highest BCUT2D eigenvalue weighted by Gasteiger charge is 2.33. The highest BCUT2D eigenvalue weighted by atomic mass is 35.5. The Morgan fingerprint density at radius 2 is 2.09 bits per heavy atom. The van der Waals surface area contributed by atoms with Crippen LogP contribution in [-0.4, -0.2) is 31.2 Å². The van der Waals surface area contributed by atoms with Crippen molar-refractivity contribution in [2.45, 2.75) is 6.43 Å². The van der Waals surface area contributed by atoms with Gasteiger partial charge in [0.25, 0.3) is 0 Å². The summed E-state index contributed by atoms with van der Waals surface area (Å²) < 4.78 is 24.1. The fourth-order valence-electron chi connectivity index (χ4n) is 1.25. The van der Waals surface area contributed by atoms with Crippen LogP contribution in [-0.2, 0) is 0 Å². The van der Waals surface area contributed by atoms with E-state index in [-0.39, 0.29) is 24.9 Å². The van der Waals surface area contributed by atoms with Gasteiger partial charge in [-0.1, -0.05) is 0 Å². The summed E-state index contributed by atoms with van der Waals surface area (Å²) >= 11 is 0. The number of aliphatic hydroxyl groups is 1. The Morgan fingerprint density at radius 1 is 1.45 bits per heavy atom. The molecule has 0 unspecified atom stereocenters. The first-order valence-corrected chi connectivity index (χ1v) is 3.35. The minimum absolute atomic E-state index is 0. The molecule has 1 fully saturated rings. The molecule has 11 heavy (non-hydrogen) atoms. The van der Waals surface area contributed by atoms with E-state index in [9.17, 15) is 8.78 Å². The number of halogens is 3. The van der Waals surface area contributed by atoms with E-state index in [1.54, 1.807) is 0 Å². The Kier molecular flexibility index (Phi) is 4.88. The lowest BCUT2D eigenvalue weighted by atomic mass is 9.98. The summed E-state index contributed by atoms with van der Waals surface area (Å²) in [4.78, 5) is 0. The van der Waals surface area contributed by atoms with Gasteiger partial charge >= 0.3 is 0 Å². The summed E-state index contributed by atoms with van der Waals surface area (Å²) in [5.74, 6) is -0.898. The molecular formula is C6H12ClF2NO. The average Bonchev–Trinajstić information content (AvgIpc) is 2.33. The van der Waals surface area contributed by atoms with Crippen molar-refractivity contribution in [2.75, 3.05) is 19.7 Å². The normalized spacial score (nSPS) is 30.5. The van der Waals surface area contributed by atoms with Crippen molar-refractivity contribution < 1.29 is 13.9 Å². The molecule has 1 heterocycles. The van der Waals surface area contributed by atoms with Crippen molar-refractivity contribution in [3.8, 4) is 0 Å². The van der Waals surface area contributed by atoms with Gasteiger partial charge in [-0.15, -0.1) is 12.4 Å². The largest absolute Gasteiger partial charge is 0.396 e. The Labute approximate surface area is 70.4 Å². The summed E-state index contributed by atoms with van der Waals surface area (Å²) in [6.07, 6.45) is -2.30. The van der Waals surface area contributed by atoms with Crippen LogP contribution in [0.1, 0.15) is 0 Å². The van der Waals surface area contributed by atoms with Gasteiger partial charge in [-0.05, 0) is 0 Å². The van der Waals surface area contributed by atoms with Gasteiger partial charge in [0.2, 0.25) is 6.43 Å². The Bertz CT molecular complexity index is 115. The van der Waals surface area contributed by atoms with Gasteiger partial charge in [-0.2, -0.15) is 0 Å². The Morgan fingerprint density at radius 3 is 2.45 bits per heavy atom. The standard InChI is InChI=1S/C6H11F2NO.ClH/c7-6(8)5-2-9-1-4(5)3-10;/h4-6,9-10H,1-3H2;1H/t4-,5-;/m1./s1. The molecule has 0 saturated carbocycles. The molecular weight excluding hydrogens is 176 g/mol. The van der Waals surface area contributed by atoms with Crippen LogP contribution in [0.25, 0.3) is 0 Å². The number of hydrogen-bond acceptors (Lipinski definition) is 2. The van der Waals surface area contributed by atoms with E-state index in [0.717, 1.165) is 0 Å². The maximum Gasteiger partial charge on any atom is 0.243 e. The lowest BCUT2D eigenvalue weighted by Crippen LogP contribution is -2.22. The molecule has 1 aliphatic heterocycles. The van der Waals surface area contributed by atoms with Crippen molar-refractivity contribution in [2.24, 2.45) is 11.8 Å². The summed E-state index contributed by atoms with van der Waals surface area (Å²) in [6, 6.07) is 0. The first-order chi connectivity index (χ1) is 4.75. The van der Waals surface area contributed by atoms with E-state index >= 15 is 0 Å². The third-order valence-corrected chi connectivity index (χ3v) is 1.95. The molecule has 0 aromatic carbocycles. The van der Waals surface area contributed by atoms with Crippen molar-refractivity contribution in [3.05, 3.63) is 0 Å². The molecule has 0 spiro atoms. The number of aliphatic hydroxyl groups excluding tert-OH is 1. The number of nitrogens with one attached hydrogen (secondary N) is 1. The second kappa shape index (κ2) is 4.85.